The summed E-state index contributed by atoms with van der Waals surface area (Å²) in [6.07, 6.45) is 5.98. The Morgan fingerprint density at radius 1 is 1.00 bits per heavy atom. The van der Waals surface area contributed by atoms with Gasteiger partial charge in [-0.05, 0) is 53.9 Å². The normalized spacial score (nSPS) is 24.8. The van der Waals surface area contributed by atoms with Crippen LogP contribution in [-0.4, -0.2) is 16.6 Å². The van der Waals surface area contributed by atoms with Crippen LogP contribution in [0.15, 0.2) is 85.1 Å². The zero-order valence-electron chi connectivity index (χ0n) is 22.7. The molecule has 1 saturated carbocycles. The topological polar surface area (TPSA) is 43.3 Å². The lowest BCUT2D eigenvalue weighted by atomic mass is 9.75. The highest BCUT2D eigenvalue weighted by atomic mass is 16.5. The summed E-state index contributed by atoms with van der Waals surface area (Å²) in [5.74, 6) is 1.30. The molecule has 1 aliphatic heterocycles. The molecule has 1 aromatic heterocycles. The van der Waals surface area contributed by atoms with Crippen LogP contribution in [0.3, 0.4) is 0 Å². The Kier molecular flexibility index (Phi) is 6.51. The molecule has 0 unspecified atom stereocenters. The molecule has 3 aromatic carbocycles. The van der Waals surface area contributed by atoms with E-state index in [2.05, 4.69) is 104 Å². The molecule has 1 aliphatic carbocycles. The van der Waals surface area contributed by atoms with Crippen LogP contribution >= 0.6 is 0 Å². The van der Waals surface area contributed by atoms with E-state index in [1.807, 2.05) is 12.1 Å². The Labute approximate surface area is 226 Å². The minimum absolute atomic E-state index is 0.0497. The van der Waals surface area contributed by atoms with Crippen molar-refractivity contribution >= 4 is 22.6 Å². The number of aromatic nitrogens is 1. The zero-order chi connectivity index (χ0) is 26.3. The molecular formula is C34H38N2O2. The van der Waals surface area contributed by atoms with Crippen LogP contribution < -0.4 is 5.32 Å². The number of para-hydroxylation sites is 2. The highest BCUT2D eigenvalue weighted by molar-refractivity contribution is 5.97. The summed E-state index contributed by atoms with van der Waals surface area (Å²) in [6, 6.07) is 27.2. The fraction of sp³-hybridized carbons (Fsp3) is 0.382. The molecule has 4 nitrogen and oxygen atoms in total. The highest BCUT2D eigenvalue weighted by Crippen LogP contribution is 2.45. The van der Waals surface area contributed by atoms with Crippen LogP contribution in [0.4, 0.5) is 5.69 Å². The van der Waals surface area contributed by atoms with E-state index >= 15 is 0 Å². The third-order valence-electron chi connectivity index (χ3n) is 8.83. The molecule has 4 atom stereocenters. The fourth-order valence-corrected chi connectivity index (χ4v) is 6.74. The van der Waals surface area contributed by atoms with Crippen molar-refractivity contribution in [2.45, 2.75) is 64.6 Å². The summed E-state index contributed by atoms with van der Waals surface area (Å²) < 4.78 is 8.85. The number of nitrogens with zero attached hydrogens (tertiary/aromatic N) is 1. The number of ether oxygens (including phenoxy) is 1. The van der Waals surface area contributed by atoms with E-state index in [9.17, 15) is 4.79 Å². The Morgan fingerprint density at radius 2 is 1.74 bits per heavy atom. The van der Waals surface area contributed by atoms with Gasteiger partial charge in [0, 0.05) is 41.3 Å². The van der Waals surface area contributed by atoms with Crippen LogP contribution in [0.25, 0.3) is 10.9 Å². The lowest BCUT2D eigenvalue weighted by Gasteiger charge is -2.39. The van der Waals surface area contributed by atoms with Gasteiger partial charge in [0.2, 0.25) is 0 Å². The number of hydrogen-bond donors (Lipinski definition) is 1. The number of esters is 1. The van der Waals surface area contributed by atoms with Crippen LogP contribution in [0, 0.1) is 17.8 Å². The maximum absolute atomic E-state index is 14.5. The van der Waals surface area contributed by atoms with Gasteiger partial charge in [-0.3, -0.25) is 0 Å². The van der Waals surface area contributed by atoms with E-state index in [4.69, 9.17) is 4.74 Å². The molecule has 0 radical (unpaired) electrons. The molecule has 38 heavy (non-hydrogen) atoms. The molecule has 196 valence electrons. The fourth-order valence-electron chi connectivity index (χ4n) is 6.74. The molecule has 1 N–H and O–H groups in total. The minimum atomic E-state index is -0.965. The molecule has 4 aromatic rings. The van der Waals surface area contributed by atoms with Crippen molar-refractivity contribution in [3.63, 3.8) is 0 Å². The lowest BCUT2D eigenvalue weighted by molar-refractivity contribution is -0.161. The van der Waals surface area contributed by atoms with Crippen molar-refractivity contribution in [2.75, 3.05) is 5.32 Å². The van der Waals surface area contributed by atoms with E-state index in [0.717, 1.165) is 47.1 Å². The number of carbonyl (C=O) groups excluding carboxylic acids is 1. The van der Waals surface area contributed by atoms with Gasteiger partial charge in [0.15, 0.2) is 5.54 Å². The van der Waals surface area contributed by atoms with Crippen LogP contribution in [-0.2, 0) is 28.0 Å². The number of fused-ring (bicyclic) bond motifs is 2. The van der Waals surface area contributed by atoms with Crippen molar-refractivity contribution in [1.29, 1.82) is 0 Å². The summed E-state index contributed by atoms with van der Waals surface area (Å²) >= 11 is 0. The minimum Gasteiger partial charge on any atom is -0.460 e. The first-order chi connectivity index (χ1) is 18.4. The Morgan fingerprint density at radius 3 is 2.53 bits per heavy atom. The van der Waals surface area contributed by atoms with Crippen molar-refractivity contribution < 1.29 is 9.53 Å². The van der Waals surface area contributed by atoms with Gasteiger partial charge < -0.3 is 14.6 Å². The quantitative estimate of drug-likeness (QED) is 0.275. The van der Waals surface area contributed by atoms with E-state index < -0.39 is 5.54 Å². The zero-order valence-corrected chi connectivity index (χ0v) is 22.7. The molecule has 2 heterocycles. The SMILES string of the molecule is CC(C)[C@@H]1CC[C@@H](C)C[C@H]1OC(=O)[C@@]1(c2cn(Cc3ccccc3)c3ccccc23)Cc2ccccc2N1. The van der Waals surface area contributed by atoms with Crippen molar-refractivity contribution in [1.82, 2.24) is 4.57 Å². The second-order valence-electron chi connectivity index (χ2n) is 11.8. The van der Waals surface area contributed by atoms with E-state index in [0.29, 0.717) is 24.2 Å². The molecule has 1 fully saturated rings. The van der Waals surface area contributed by atoms with E-state index in [-0.39, 0.29) is 12.1 Å². The van der Waals surface area contributed by atoms with Crippen LogP contribution in [0.2, 0.25) is 0 Å². The molecule has 0 amide bonds. The molecular weight excluding hydrogens is 468 g/mol. The summed E-state index contributed by atoms with van der Waals surface area (Å²) in [7, 11) is 0. The predicted octanol–water partition coefficient (Wildman–Crippen LogP) is 7.56. The molecule has 2 aliphatic rings. The molecule has 4 heteroatoms. The van der Waals surface area contributed by atoms with Gasteiger partial charge in [0.25, 0.3) is 0 Å². The summed E-state index contributed by atoms with van der Waals surface area (Å²) in [5.41, 5.74) is 4.56. The van der Waals surface area contributed by atoms with Gasteiger partial charge in [-0.2, -0.15) is 0 Å². The first-order valence-electron chi connectivity index (χ1n) is 14.1. The third kappa shape index (κ3) is 4.40. The Balaban J connectivity index is 1.44. The third-order valence-corrected chi connectivity index (χ3v) is 8.83. The van der Waals surface area contributed by atoms with Gasteiger partial charge in [0.1, 0.15) is 6.10 Å². The van der Waals surface area contributed by atoms with Gasteiger partial charge in [0.05, 0.1) is 0 Å². The maximum Gasteiger partial charge on any atom is 0.337 e. The second-order valence-corrected chi connectivity index (χ2v) is 11.8. The Bertz CT molecular complexity index is 1410. The molecule has 0 spiro atoms. The summed E-state index contributed by atoms with van der Waals surface area (Å²) in [5, 5.41) is 4.79. The van der Waals surface area contributed by atoms with Gasteiger partial charge in [-0.25, -0.2) is 4.79 Å². The number of anilines is 1. The highest BCUT2D eigenvalue weighted by Gasteiger charge is 2.50. The van der Waals surface area contributed by atoms with Crippen molar-refractivity contribution in [3.8, 4) is 0 Å². The van der Waals surface area contributed by atoms with Crippen molar-refractivity contribution in [3.05, 3.63) is 102 Å². The molecule has 0 saturated heterocycles. The first kappa shape index (κ1) is 24.8. The number of hydrogen-bond acceptors (Lipinski definition) is 3. The second kappa shape index (κ2) is 9.98. The van der Waals surface area contributed by atoms with Gasteiger partial charge in [-0.15, -0.1) is 0 Å². The van der Waals surface area contributed by atoms with Crippen LogP contribution in [0.5, 0.6) is 0 Å². The summed E-state index contributed by atoms with van der Waals surface area (Å²) in [4.78, 5) is 14.5. The monoisotopic (exact) mass is 506 g/mol. The Hall–Kier alpha value is -3.53. The average molecular weight is 507 g/mol. The largest absolute Gasteiger partial charge is 0.460 e. The smallest absolute Gasteiger partial charge is 0.337 e. The molecule has 6 rings (SSSR count). The molecule has 0 bridgehead atoms. The number of carbonyl (C=O) groups is 1. The first-order valence-corrected chi connectivity index (χ1v) is 14.1. The number of nitrogens with one attached hydrogen (secondary N) is 1. The van der Waals surface area contributed by atoms with Crippen LogP contribution in [0.1, 0.15) is 56.7 Å². The number of rotatable bonds is 6. The summed E-state index contributed by atoms with van der Waals surface area (Å²) in [6.45, 7) is 7.55. The predicted molar refractivity (Wildman–Crippen MR) is 154 cm³/mol. The maximum atomic E-state index is 14.5. The lowest BCUT2D eigenvalue weighted by Crippen LogP contribution is -2.47. The van der Waals surface area contributed by atoms with E-state index in [1.165, 1.54) is 12.0 Å². The number of benzene rings is 3. The standard InChI is InChI=1S/C34H38N2O2/c1-23(2)27-18-17-24(3)19-32(27)38-33(37)34(20-26-13-7-9-15-30(26)35-34)29-22-36(21-25-11-5-4-6-12-25)31-16-10-8-14-28(29)31/h4-16,22-24,27,32,35H,17-21H2,1-3H3/t24-,27+,32-,34+/m1/s1. The van der Waals surface area contributed by atoms with Gasteiger partial charge in [-0.1, -0.05) is 93.9 Å². The van der Waals surface area contributed by atoms with Gasteiger partial charge >= 0.3 is 5.97 Å². The van der Waals surface area contributed by atoms with E-state index in [1.54, 1.807) is 0 Å². The average Bonchev–Trinajstić information content (AvgIpc) is 3.49. The van der Waals surface area contributed by atoms with Crippen molar-refractivity contribution in [2.24, 2.45) is 17.8 Å².